The summed E-state index contributed by atoms with van der Waals surface area (Å²) in [5.41, 5.74) is 1.47. The summed E-state index contributed by atoms with van der Waals surface area (Å²) in [5.74, 6) is 0.283. The fourth-order valence-electron chi connectivity index (χ4n) is 3.31. The summed E-state index contributed by atoms with van der Waals surface area (Å²) in [6.45, 7) is 0. The van der Waals surface area contributed by atoms with Crippen LogP contribution in [0.25, 0.3) is 0 Å². The number of hydrogen-bond donors (Lipinski definition) is 2. The third-order valence-corrected chi connectivity index (χ3v) is 4.80. The Bertz CT molecular complexity index is 748. The highest BCUT2D eigenvalue weighted by Crippen LogP contribution is 2.18. The summed E-state index contributed by atoms with van der Waals surface area (Å²) in [6, 6.07) is 11.8. The molecule has 3 rings (SSSR count). The number of hydrogen-bond acceptors (Lipinski definition) is 3. The Labute approximate surface area is 154 Å². The van der Waals surface area contributed by atoms with Gasteiger partial charge in [-0.3, -0.25) is 14.3 Å². The predicted molar refractivity (Wildman–Crippen MR) is 101 cm³/mol. The van der Waals surface area contributed by atoms with Crippen LogP contribution in [-0.4, -0.2) is 27.6 Å². The Morgan fingerprint density at radius 3 is 2.62 bits per heavy atom. The fraction of sp³-hybridized carbons (Fsp3) is 0.450. The summed E-state index contributed by atoms with van der Waals surface area (Å²) in [6.07, 6.45) is 6.70. The molecule has 1 heterocycles. The molecule has 1 aliphatic carbocycles. The Hall–Kier alpha value is -2.63. The lowest BCUT2D eigenvalue weighted by molar-refractivity contribution is -0.116. The van der Waals surface area contributed by atoms with Crippen molar-refractivity contribution < 1.29 is 9.59 Å². The number of anilines is 1. The second kappa shape index (κ2) is 8.65. The normalized spacial score (nSPS) is 14.8. The van der Waals surface area contributed by atoms with E-state index in [-0.39, 0.29) is 17.9 Å². The van der Waals surface area contributed by atoms with Crippen LogP contribution in [-0.2, 0) is 18.3 Å². The van der Waals surface area contributed by atoms with Gasteiger partial charge < -0.3 is 10.6 Å². The van der Waals surface area contributed by atoms with Crippen molar-refractivity contribution in [1.82, 2.24) is 15.1 Å². The van der Waals surface area contributed by atoms with E-state index in [4.69, 9.17) is 0 Å². The summed E-state index contributed by atoms with van der Waals surface area (Å²) in [7, 11) is 1.73. The van der Waals surface area contributed by atoms with E-state index in [2.05, 4.69) is 15.7 Å². The van der Waals surface area contributed by atoms with E-state index in [0.29, 0.717) is 24.4 Å². The monoisotopic (exact) mass is 354 g/mol. The molecule has 0 bridgehead atoms. The molecule has 2 amide bonds. The van der Waals surface area contributed by atoms with Gasteiger partial charge in [0.05, 0.1) is 0 Å². The molecule has 0 unspecified atom stereocenters. The van der Waals surface area contributed by atoms with E-state index >= 15 is 0 Å². The van der Waals surface area contributed by atoms with Gasteiger partial charge in [-0.2, -0.15) is 5.10 Å². The molecule has 0 saturated heterocycles. The highest BCUT2D eigenvalue weighted by Gasteiger charge is 2.19. The van der Waals surface area contributed by atoms with Crippen LogP contribution in [0.1, 0.15) is 54.6 Å². The van der Waals surface area contributed by atoms with Crippen LogP contribution in [0.2, 0.25) is 0 Å². The second-order valence-corrected chi connectivity index (χ2v) is 6.88. The molecule has 0 spiro atoms. The van der Waals surface area contributed by atoms with E-state index in [1.165, 1.54) is 11.1 Å². The molecule has 1 aromatic heterocycles. The van der Waals surface area contributed by atoms with Crippen LogP contribution in [0.3, 0.4) is 0 Å². The Balaban J connectivity index is 1.53. The number of rotatable bonds is 6. The standard InChI is InChI=1S/C20H26N4O2/c1-24-18(22-19(25)13-12-15-8-4-2-5-9-15)14-17(23-24)20(26)21-16-10-6-3-7-11-16/h2,4-5,8-9,14,16H,3,6-7,10-13H2,1H3,(H,21,26)(H,22,25). The van der Waals surface area contributed by atoms with Gasteiger partial charge in [0.2, 0.25) is 5.91 Å². The molecule has 2 N–H and O–H groups in total. The average Bonchev–Trinajstić information content (AvgIpc) is 3.02. The van der Waals surface area contributed by atoms with Crippen molar-refractivity contribution in [3.63, 3.8) is 0 Å². The van der Waals surface area contributed by atoms with Crippen molar-refractivity contribution in [3.8, 4) is 0 Å². The van der Waals surface area contributed by atoms with Crippen LogP contribution in [0.4, 0.5) is 5.82 Å². The molecule has 6 nitrogen and oxygen atoms in total. The highest BCUT2D eigenvalue weighted by atomic mass is 16.2. The smallest absolute Gasteiger partial charge is 0.272 e. The summed E-state index contributed by atoms with van der Waals surface area (Å²) in [5, 5.41) is 10.1. The molecule has 0 aliphatic heterocycles. The molecule has 138 valence electrons. The van der Waals surface area contributed by atoms with Gasteiger partial charge in [0.15, 0.2) is 5.69 Å². The number of carbonyl (C=O) groups is 2. The maximum Gasteiger partial charge on any atom is 0.272 e. The van der Waals surface area contributed by atoms with Gasteiger partial charge in [0.1, 0.15) is 5.82 Å². The fourth-order valence-corrected chi connectivity index (χ4v) is 3.31. The first-order valence-corrected chi connectivity index (χ1v) is 9.30. The van der Waals surface area contributed by atoms with E-state index in [9.17, 15) is 9.59 Å². The SMILES string of the molecule is Cn1nc(C(=O)NC2CCCCC2)cc1NC(=O)CCc1ccccc1. The van der Waals surface area contributed by atoms with Crippen LogP contribution < -0.4 is 10.6 Å². The second-order valence-electron chi connectivity index (χ2n) is 6.88. The van der Waals surface area contributed by atoms with Gasteiger partial charge >= 0.3 is 0 Å². The molecule has 1 aliphatic rings. The zero-order valence-electron chi connectivity index (χ0n) is 15.2. The minimum atomic E-state index is -0.169. The molecular weight excluding hydrogens is 328 g/mol. The van der Waals surface area contributed by atoms with Gasteiger partial charge in [0.25, 0.3) is 5.91 Å². The Morgan fingerprint density at radius 1 is 1.15 bits per heavy atom. The zero-order valence-corrected chi connectivity index (χ0v) is 15.2. The molecule has 2 aromatic rings. The van der Waals surface area contributed by atoms with Crippen LogP contribution in [0, 0.1) is 0 Å². The first-order valence-electron chi connectivity index (χ1n) is 9.30. The summed E-state index contributed by atoms with van der Waals surface area (Å²) >= 11 is 0. The number of benzene rings is 1. The molecule has 1 fully saturated rings. The molecule has 26 heavy (non-hydrogen) atoms. The van der Waals surface area contributed by atoms with E-state index < -0.39 is 0 Å². The van der Waals surface area contributed by atoms with Gasteiger partial charge in [-0.25, -0.2) is 0 Å². The Kier molecular flexibility index (Phi) is 6.04. The first kappa shape index (κ1) is 18.2. The van der Waals surface area contributed by atoms with Crippen molar-refractivity contribution in [2.75, 3.05) is 5.32 Å². The molecule has 0 radical (unpaired) electrons. The minimum Gasteiger partial charge on any atom is -0.348 e. The van der Waals surface area contributed by atoms with E-state index in [0.717, 1.165) is 31.2 Å². The maximum atomic E-state index is 12.4. The van der Waals surface area contributed by atoms with Gasteiger partial charge in [-0.05, 0) is 24.8 Å². The molecule has 1 saturated carbocycles. The minimum absolute atomic E-state index is 0.0870. The lowest BCUT2D eigenvalue weighted by atomic mass is 9.95. The molecule has 1 aromatic carbocycles. The number of carbonyl (C=O) groups excluding carboxylic acids is 2. The average molecular weight is 354 g/mol. The number of nitrogens with one attached hydrogen (secondary N) is 2. The van der Waals surface area contributed by atoms with Gasteiger partial charge in [0, 0.05) is 25.6 Å². The van der Waals surface area contributed by atoms with Crippen molar-refractivity contribution in [3.05, 3.63) is 47.7 Å². The van der Waals surface area contributed by atoms with Crippen molar-refractivity contribution >= 4 is 17.6 Å². The van der Waals surface area contributed by atoms with Crippen LogP contribution >= 0.6 is 0 Å². The number of nitrogens with zero attached hydrogens (tertiary/aromatic N) is 2. The number of amides is 2. The lowest BCUT2D eigenvalue weighted by Crippen LogP contribution is -2.36. The summed E-state index contributed by atoms with van der Waals surface area (Å²) < 4.78 is 1.54. The molecule has 6 heteroatoms. The Morgan fingerprint density at radius 2 is 1.88 bits per heavy atom. The quantitative estimate of drug-likeness (QED) is 0.837. The van der Waals surface area contributed by atoms with E-state index in [1.807, 2.05) is 30.3 Å². The predicted octanol–water partition coefficient (Wildman–Crippen LogP) is 3.05. The van der Waals surface area contributed by atoms with Gasteiger partial charge in [-0.1, -0.05) is 49.6 Å². The van der Waals surface area contributed by atoms with Crippen LogP contribution in [0.5, 0.6) is 0 Å². The van der Waals surface area contributed by atoms with Gasteiger partial charge in [-0.15, -0.1) is 0 Å². The molecular formula is C20H26N4O2. The van der Waals surface area contributed by atoms with Crippen molar-refractivity contribution in [2.45, 2.75) is 51.0 Å². The zero-order chi connectivity index (χ0) is 18.4. The third kappa shape index (κ3) is 4.94. The third-order valence-electron chi connectivity index (χ3n) is 4.80. The van der Waals surface area contributed by atoms with E-state index in [1.54, 1.807) is 13.1 Å². The molecule has 0 atom stereocenters. The lowest BCUT2D eigenvalue weighted by Gasteiger charge is -2.22. The largest absolute Gasteiger partial charge is 0.348 e. The maximum absolute atomic E-state index is 12.4. The summed E-state index contributed by atoms with van der Waals surface area (Å²) in [4.78, 5) is 24.6. The van der Waals surface area contributed by atoms with Crippen molar-refractivity contribution in [2.24, 2.45) is 7.05 Å². The topological polar surface area (TPSA) is 76.0 Å². The number of aromatic nitrogens is 2. The number of aryl methyl sites for hydroxylation is 2. The van der Waals surface area contributed by atoms with Crippen molar-refractivity contribution in [1.29, 1.82) is 0 Å². The first-order chi connectivity index (χ1) is 12.6. The highest BCUT2D eigenvalue weighted by molar-refractivity contribution is 5.95. The van der Waals surface area contributed by atoms with Crippen LogP contribution in [0.15, 0.2) is 36.4 Å².